The molecule has 1 N–H and O–H groups in total. The maximum absolute atomic E-state index is 12.4. The molecule has 3 nitrogen and oxygen atoms in total. The van der Waals surface area contributed by atoms with Crippen molar-refractivity contribution in [2.45, 2.75) is 59.8 Å². The van der Waals surface area contributed by atoms with Gasteiger partial charge < -0.3 is 4.98 Å². The fourth-order valence-electron chi connectivity index (χ4n) is 3.32. The number of rotatable bonds is 2. The van der Waals surface area contributed by atoms with Crippen molar-refractivity contribution < 1.29 is 0 Å². The molecule has 2 heterocycles. The zero-order chi connectivity index (χ0) is 15.2. The van der Waals surface area contributed by atoms with Crippen LogP contribution in [0, 0.1) is 11.3 Å². The third-order valence-electron chi connectivity index (χ3n) is 4.68. The van der Waals surface area contributed by atoms with Gasteiger partial charge in [0, 0.05) is 11.3 Å². The molecule has 1 atom stereocenters. The number of fused-ring (bicyclic) bond motifs is 3. The third-order valence-corrected chi connectivity index (χ3v) is 5.83. The summed E-state index contributed by atoms with van der Waals surface area (Å²) in [6.07, 6.45) is 5.15. The molecular weight excluding hydrogens is 280 g/mol. The molecule has 0 bridgehead atoms. The quantitative estimate of drug-likeness (QED) is 0.908. The Kier molecular flexibility index (Phi) is 3.68. The van der Waals surface area contributed by atoms with E-state index in [-0.39, 0.29) is 5.56 Å². The van der Waals surface area contributed by atoms with Crippen LogP contribution in [0.1, 0.15) is 56.8 Å². The summed E-state index contributed by atoms with van der Waals surface area (Å²) in [5.41, 5.74) is 1.67. The van der Waals surface area contributed by atoms with Crippen LogP contribution in [0.25, 0.3) is 10.2 Å². The number of hydrogen-bond donors (Lipinski definition) is 1. The summed E-state index contributed by atoms with van der Waals surface area (Å²) in [7, 11) is 0. The van der Waals surface area contributed by atoms with E-state index in [2.05, 4.69) is 37.7 Å². The summed E-state index contributed by atoms with van der Waals surface area (Å²) < 4.78 is 0. The van der Waals surface area contributed by atoms with Crippen LogP contribution in [-0.2, 0) is 19.3 Å². The number of aromatic amines is 1. The molecule has 0 amide bonds. The van der Waals surface area contributed by atoms with Crippen LogP contribution in [0.15, 0.2) is 4.79 Å². The molecule has 0 radical (unpaired) electrons. The van der Waals surface area contributed by atoms with Gasteiger partial charge in [0.1, 0.15) is 10.7 Å². The zero-order valence-corrected chi connectivity index (χ0v) is 14.2. The van der Waals surface area contributed by atoms with Crippen LogP contribution in [0.2, 0.25) is 0 Å². The van der Waals surface area contributed by atoms with E-state index in [0.29, 0.717) is 11.3 Å². The summed E-state index contributed by atoms with van der Waals surface area (Å²) in [4.78, 5) is 22.4. The molecule has 3 rings (SSSR count). The van der Waals surface area contributed by atoms with E-state index in [0.717, 1.165) is 41.7 Å². The van der Waals surface area contributed by atoms with Gasteiger partial charge in [0.2, 0.25) is 0 Å². The number of nitrogens with one attached hydrogen (secondary N) is 1. The summed E-state index contributed by atoms with van der Waals surface area (Å²) in [6.45, 7) is 9.07. The molecule has 1 aliphatic rings. The van der Waals surface area contributed by atoms with E-state index in [4.69, 9.17) is 0 Å². The molecule has 0 aromatic carbocycles. The standard InChI is InChI=1S/C17H24N2OS/c1-5-6-13-18-15(20)14-11-8-7-10(17(2,3)4)9-12(11)21-16(14)19-13/h10H,5-9H2,1-4H3,(H,18,19,20). The first kappa shape index (κ1) is 14.8. The normalized spacial score (nSPS) is 19.0. The molecule has 21 heavy (non-hydrogen) atoms. The molecule has 2 aromatic heterocycles. The zero-order valence-electron chi connectivity index (χ0n) is 13.4. The SMILES string of the molecule is CCCc1nc2sc3c(c2c(=O)[nH]1)CCC(C(C)(C)C)C3. The van der Waals surface area contributed by atoms with Crippen molar-refractivity contribution >= 4 is 21.6 Å². The van der Waals surface area contributed by atoms with Gasteiger partial charge in [-0.1, -0.05) is 27.7 Å². The summed E-state index contributed by atoms with van der Waals surface area (Å²) >= 11 is 1.74. The lowest BCUT2D eigenvalue weighted by atomic mass is 9.72. The Morgan fingerprint density at radius 1 is 1.38 bits per heavy atom. The third kappa shape index (κ3) is 2.66. The van der Waals surface area contributed by atoms with E-state index < -0.39 is 0 Å². The summed E-state index contributed by atoms with van der Waals surface area (Å²) in [5.74, 6) is 1.54. The Morgan fingerprint density at radius 3 is 2.81 bits per heavy atom. The number of hydrogen-bond acceptors (Lipinski definition) is 3. The Hall–Kier alpha value is -1.16. The number of thiophene rings is 1. The van der Waals surface area contributed by atoms with Gasteiger partial charge in [0.15, 0.2) is 0 Å². The molecule has 2 aromatic rings. The first-order valence-corrected chi connectivity index (χ1v) is 8.75. The molecule has 0 saturated carbocycles. The molecule has 1 aliphatic carbocycles. The molecule has 1 unspecified atom stereocenters. The van der Waals surface area contributed by atoms with Crippen molar-refractivity contribution in [2.75, 3.05) is 0 Å². The van der Waals surface area contributed by atoms with E-state index in [9.17, 15) is 4.79 Å². The molecule has 0 fully saturated rings. The fraction of sp³-hybridized carbons (Fsp3) is 0.647. The highest BCUT2D eigenvalue weighted by atomic mass is 32.1. The Morgan fingerprint density at radius 2 is 2.14 bits per heavy atom. The van der Waals surface area contributed by atoms with Crippen LogP contribution < -0.4 is 5.56 Å². The van der Waals surface area contributed by atoms with Crippen molar-refractivity contribution in [3.8, 4) is 0 Å². The highest BCUT2D eigenvalue weighted by Crippen LogP contribution is 2.41. The minimum Gasteiger partial charge on any atom is -0.310 e. The van der Waals surface area contributed by atoms with Crippen LogP contribution in [0.4, 0.5) is 0 Å². The second-order valence-electron chi connectivity index (χ2n) is 7.25. The van der Waals surface area contributed by atoms with Gasteiger partial charge in [0.05, 0.1) is 5.39 Å². The van der Waals surface area contributed by atoms with Gasteiger partial charge in [0.25, 0.3) is 5.56 Å². The fourth-order valence-corrected chi connectivity index (χ4v) is 4.64. The maximum Gasteiger partial charge on any atom is 0.259 e. The lowest BCUT2D eigenvalue weighted by molar-refractivity contribution is 0.218. The van der Waals surface area contributed by atoms with Gasteiger partial charge in [-0.05, 0) is 42.6 Å². The largest absolute Gasteiger partial charge is 0.310 e. The van der Waals surface area contributed by atoms with E-state index in [1.54, 1.807) is 11.3 Å². The number of H-pyrrole nitrogens is 1. The van der Waals surface area contributed by atoms with Gasteiger partial charge in [-0.25, -0.2) is 4.98 Å². The Labute approximate surface area is 129 Å². The topological polar surface area (TPSA) is 45.8 Å². The predicted octanol–water partition coefficient (Wildman–Crippen LogP) is 4.09. The monoisotopic (exact) mass is 304 g/mol. The van der Waals surface area contributed by atoms with E-state index >= 15 is 0 Å². The summed E-state index contributed by atoms with van der Waals surface area (Å²) in [5, 5.41) is 0.863. The lowest BCUT2D eigenvalue weighted by Gasteiger charge is -2.33. The Bertz CT molecular complexity index is 721. The van der Waals surface area contributed by atoms with Crippen LogP contribution in [0.3, 0.4) is 0 Å². The molecule has 0 spiro atoms. The maximum atomic E-state index is 12.4. The van der Waals surface area contributed by atoms with Crippen molar-refractivity contribution in [3.63, 3.8) is 0 Å². The summed E-state index contributed by atoms with van der Waals surface area (Å²) in [6, 6.07) is 0. The second kappa shape index (κ2) is 5.24. The van der Waals surface area contributed by atoms with Gasteiger partial charge in [-0.3, -0.25) is 4.79 Å². The van der Waals surface area contributed by atoms with Gasteiger partial charge >= 0.3 is 0 Å². The van der Waals surface area contributed by atoms with Crippen molar-refractivity contribution in [1.29, 1.82) is 0 Å². The van der Waals surface area contributed by atoms with Crippen molar-refractivity contribution in [3.05, 3.63) is 26.6 Å². The van der Waals surface area contributed by atoms with Crippen LogP contribution in [-0.4, -0.2) is 9.97 Å². The first-order chi connectivity index (χ1) is 9.90. The highest BCUT2D eigenvalue weighted by molar-refractivity contribution is 7.18. The minimum atomic E-state index is 0.0650. The van der Waals surface area contributed by atoms with Crippen molar-refractivity contribution in [2.24, 2.45) is 11.3 Å². The molecular formula is C17H24N2OS. The number of aromatic nitrogens is 2. The van der Waals surface area contributed by atoms with Crippen molar-refractivity contribution in [1.82, 2.24) is 9.97 Å². The van der Waals surface area contributed by atoms with Gasteiger partial charge in [-0.2, -0.15) is 0 Å². The average molecular weight is 304 g/mol. The van der Waals surface area contributed by atoms with Gasteiger partial charge in [-0.15, -0.1) is 11.3 Å². The second-order valence-corrected chi connectivity index (χ2v) is 8.34. The predicted molar refractivity (Wildman–Crippen MR) is 89.2 cm³/mol. The lowest BCUT2D eigenvalue weighted by Crippen LogP contribution is -2.26. The average Bonchev–Trinajstić information content (AvgIpc) is 2.75. The molecule has 114 valence electrons. The first-order valence-electron chi connectivity index (χ1n) is 7.93. The highest BCUT2D eigenvalue weighted by Gasteiger charge is 2.31. The van der Waals surface area contributed by atoms with E-state index in [1.165, 1.54) is 16.9 Å². The molecule has 0 aliphatic heterocycles. The number of aryl methyl sites for hydroxylation is 2. The minimum absolute atomic E-state index is 0.0650. The van der Waals surface area contributed by atoms with E-state index in [1.807, 2.05) is 0 Å². The molecule has 0 saturated heterocycles. The van der Waals surface area contributed by atoms with Crippen LogP contribution >= 0.6 is 11.3 Å². The Balaban J connectivity index is 2.07. The molecule has 4 heteroatoms. The number of nitrogens with zero attached hydrogens (tertiary/aromatic N) is 1. The van der Waals surface area contributed by atoms with Crippen LogP contribution in [0.5, 0.6) is 0 Å². The smallest absolute Gasteiger partial charge is 0.259 e.